The number of carbonyl (C=O) groups excluding carboxylic acids is 1. The van der Waals surface area contributed by atoms with Gasteiger partial charge in [-0.25, -0.2) is 4.39 Å². The maximum absolute atomic E-state index is 13.3. The monoisotopic (exact) mass is 426 g/mol. The van der Waals surface area contributed by atoms with Crippen molar-refractivity contribution in [1.82, 2.24) is 0 Å². The molecule has 2 aromatic carbocycles. The fourth-order valence-corrected chi connectivity index (χ4v) is 2.60. The molecule has 2 rings (SSSR count). The summed E-state index contributed by atoms with van der Waals surface area (Å²) in [6, 6.07) is 8.77. The van der Waals surface area contributed by atoms with Crippen molar-refractivity contribution in [3.05, 3.63) is 50.8 Å². The third kappa shape index (κ3) is 3.71. The second kappa shape index (κ2) is 7.28. The van der Waals surface area contributed by atoms with Crippen LogP contribution in [0, 0.1) is 20.7 Å². The largest absolute Gasteiger partial charge is 0.493 e. The van der Waals surface area contributed by atoms with Crippen molar-refractivity contribution >= 4 is 34.2 Å². The lowest BCUT2D eigenvalue weighted by Gasteiger charge is -2.12. The first kappa shape index (κ1) is 17.0. The number of nitrogens with one attached hydrogen (secondary N) is 1. The summed E-state index contributed by atoms with van der Waals surface area (Å²) in [5.74, 6) is -0.0890. The first-order chi connectivity index (χ1) is 11.0. The molecule has 5 nitrogen and oxygen atoms in total. The lowest BCUT2D eigenvalue weighted by molar-refractivity contribution is 0.102. The molecule has 1 N–H and O–H groups in total. The standard InChI is InChI=1S/C16H12FIN2O3/c1-22-14-6-11(13(18)7-15(14)23-2)16(21)20-10-3-4-12(17)9(5-10)8-19/h3-7H,1-2H3,(H,20,21). The molecule has 0 aliphatic rings. The van der Waals surface area contributed by atoms with Gasteiger partial charge in [-0.05, 0) is 52.9 Å². The average molecular weight is 426 g/mol. The molecule has 0 fully saturated rings. The molecule has 0 aromatic heterocycles. The van der Waals surface area contributed by atoms with Gasteiger partial charge in [0.05, 0.1) is 25.3 Å². The summed E-state index contributed by atoms with van der Waals surface area (Å²) < 4.78 is 24.3. The quantitative estimate of drug-likeness (QED) is 0.760. The van der Waals surface area contributed by atoms with E-state index in [1.54, 1.807) is 18.2 Å². The zero-order valence-electron chi connectivity index (χ0n) is 12.3. The number of anilines is 1. The third-order valence-electron chi connectivity index (χ3n) is 3.06. The van der Waals surface area contributed by atoms with Gasteiger partial charge in [0.2, 0.25) is 0 Å². The van der Waals surface area contributed by atoms with E-state index in [1.807, 2.05) is 22.6 Å². The lowest BCUT2D eigenvalue weighted by atomic mass is 10.1. The predicted octanol–water partition coefficient (Wildman–Crippen LogP) is 3.57. The van der Waals surface area contributed by atoms with Gasteiger partial charge in [-0.3, -0.25) is 4.79 Å². The van der Waals surface area contributed by atoms with Crippen molar-refractivity contribution in [3.8, 4) is 17.6 Å². The van der Waals surface area contributed by atoms with Crippen LogP contribution in [0.15, 0.2) is 30.3 Å². The molecule has 0 radical (unpaired) electrons. The van der Waals surface area contributed by atoms with Crippen molar-refractivity contribution in [1.29, 1.82) is 5.26 Å². The molecule has 0 saturated heterocycles. The average Bonchev–Trinajstić information content (AvgIpc) is 2.56. The first-order valence-electron chi connectivity index (χ1n) is 6.42. The molecule has 7 heteroatoms. The molecule has 0 aliphatic carbocycles. The normalized spacial score (nSPS) is 9.87. The summed E-state index contributed by atoms with van der Waals surface area (Å²) in [5, 5.41) is 11.5. The van der Waals surface area contributed by atoms with Crippen LogP contribution in [-0.2, 0) is 0 Å². The number of ether oxygens (including phenoxy) is 2. The number of hydrogen-bond donors (Lipinski definition) is 1. The smallest absolute Gasteiger partial charge is 0.256 e. The van der Waals surface area contributed by atoms with Crippen molar-refractivity contribution in [2.45, 2.75) is 0 Å². The molecular formula is C16H12FIN2O3. The van der Waals surface area contributed by atoms with Gasteiger partial charge in [0.25, 0.3) is 5.91 Å². The highest BCUT2D eigenvalue weighted by Crippen LogP contribution is 2.31. The minimum atomic E-state index is -0.633. The summed E-state index contributed by atoms with van der Waals surface area (Å²) in [7, 11) is 2.99. The van der Waals surface area contributed by atoms with Crippen LogP contribution >= 0.6 is 22.6 Å². The van der Waals surface area contributed by atoms with Crippen LogP contribution in [0.2, 0.25) is 0 Å². The van der Waals surface area contributed by atoms with Gasteiger partial charge in [0.15, 0.2) is 11.5 Å². The highest BCUT2D eigenvalue weighted by molar-refractivity contribution is 14.1. The molecule has 0 unspecified atom stereocenters. The van der Waals surface area contributed by atoms with E-state index in [9.17, 15) is 9.18 Å². The highest BCUT2D eigenvalue weighted by atomic mass is 127. The Bertz CT molecular complexity index is 803. The predicted molar refractivity (Wildman–Crippen MR) is 91.3 cm³/mol. The fourth-order valence-electron chi connectivity index (χ4n) is 1.92. The number of halogens is 2. The second-order valence-electron chi connectivity index (χ2n) is 4.45. The number of carbonyl (C=O) groups is 1. The number of amides is 1. The molecule has 118 valence electrons. The molecule has 2 aromatic rings. The summed E-state index contributed by atoms with van der Waals surface area (Å²) >= 11 is 2.01. The maximum Gasteiger partial charge on any atom is 0.256 e. The van der Waals surface area contributed by atoms with Gasteiger partial charge >= 0.3 is 0 Å². The molecular weight excluding hydrogens is 414 g/mol. The number of nitrogens with zero attached hydrogens (tertiary/aromatic N) is 1. The van der Waals surface area contributed by atoms with E-state index in [-0.39, 0.29) is 5.56 Å². The van der Waals surface area contributed by atoms with E-state index < -0.39 is 11.7 Å². The molecule has 1 amide bonds. The van der Waals surface area contributed by atoms with Crippen molar-refractivity contribution < 1.29 is 18.7 Å². The highest BCUT2D eigenvalue weighted by Gasteiger charge is 2.16. The molecule has 0 heterocycles. The Balaban J connectivity index is 2.33. The van der Waals surface area contributed by atoms with Crippen LogP contribution in [0.4, 0.5) is 10.1 Å². The Morgan fingerprint density at radius 1 is 1.22 bits per heavy atom. The van der Waals surface area contributed by atoms with Gasteiger partial charge in [-0.2, -0.15) is 5.26 Å². The minimum Gasteiger partial charge on any atom is -0.493 e. The van der Waals surface area contributed by atoms with Crippen molar-refractivity contribution in [3.63, 3.8) is 0 Å². The zero-order valence-corrected chi connectivity index (χ0v) is 14.5. The topological polar surface area (TPSA) is 71.3 Å². The molecule has 23 heavy (non-hydrogen) atoms. The Morgan fingerprint density at radius 3 is 2.48 bits per heavy atom. The van der Waals surface area contributed by atoms with Crippen LogP contribution in [0.3, 0.4) is 0 Å². The van der Waals surface area contributed by atoms with Crippen LogP contribution in [0.25, 0.3) is 0 Å². The van der Waals surface area contributed by atoms with E-state index in [1.165, 1.54) is 26.4 Å². The van der Waals surface area contributed by atoms with E-state index in [2.05, 4.69) is 5.32 Å². The number of rotatable bonds is 4. The molecule has 0 atom stereocenters. The fraction of sp³-hybridized carbons (Fsp3) is 0.125. The SMILES string of the molecule is COc1cc(I)c(C(=O)Nc2ccc(F)c(C#N)c2)cc1OC. The molecule has 0 bridgehead atoms. The van der Waals surface area contributed by atoms with Crippen LogP contribution in [-0.4, -0.2) is 20.1 Å². The number of methoxy groups -OCH3 is 2. The zero-order chi connectivity index (χ0) is 17.0. The van der Waals surface area contributed by atoms with Gasteiger partial charge in [-0.1, -0.05) is 0 Å². The Labute approximate surface area is 146 Å². The van der Waals surface area contributed by atoms with E-state index in [0.717, 1.165) is 6.07 Å². The number of nitriles is 1. The minimum absolute atomic E-state index is 0.134. The lowest BCUT2D eigenvalue weighted by Crippen LogP contribution is -2.14. The maximum atomic E-state index is 13.3. The van der Waals surface area contributed by atoms with Crippen LogP contribution in [0.5, 0.6) is 11.5 Å². The Morgan fingerprint density at radius 2 is 1.87 bits per heavy atom. The molecule has 0 saturated carbocycles. The Kier molecular flexibility index (Phi) is 5.39. The first-order valence-corrected chi connectivity index (χ1v) is 7.50. The molecule has 0 aliphatic heterocycles. The third-order valence-corrected chi connectivity index (χ3v) is 3.96. The summed E-state index contributed by atoms with van der Waals surface area (Å²) in [6.45, 7) is 0. The van der Waals surface area contributed by atoms with Crippen molar-refractivity contribution in [2.24, 2.45) is 0 Å². The van der Waals surface area contributed by atoms with E-state index in [4.69, 9.17) is 14.7 Å². The van der Waals surface area contributed by atoms with Gasteiger partial charge in [0.1, 0.15) is 11.9 Å². The summed E-state index contributed by atoms with van der Waals surface area (Å²) in [5.41, 5.74) is 0.578. The van der Waals surface area contributed by atoms with Gasteiger partial charge in [0, 0.05) is 9.26 Å². The van der Waals surface area contributed by atoms with E-state index >= 15 is 0 Å². The molecule has 0 spiro atoms. The summed E-state index contributed by atoms with van der Waals surface area (Å²) in [4.78, 5) is 12.4. The van der Waals surface area contributed by atoms with Gasteiger partial charge < -0.3 is 14.8 Å². The Hall–Kier alpha value is -2.34. The number of benzene rings is 2. The van der Waals surface area contributed by atoms with Gasteiger partial charge in [-0.15, -0.1) is 0 Å². The summed E-state index contributed by atoms with van der Waals surface area (Å²) in [6.07, 6.45) is 0. The number of hydrogen-bond acceptors (Lipinski definition) is 4. The van der Waals surface area contributed by atoms with Crippen molar-refractivity contribution in [2.75, 3.05) is 19.5 Å². The second-order valence-corrected chi connectivity index (χ2v) is 5.61. The van der Waals surface area contributed by atoms with E-state index in [0.29, 0.717) is 26.3 Å². The van der Waals surface area contributed by atoms with Crippen LogP contribution < -0.4 is 14.8 Å². The van der Waals surface area contributed by atoms with Crippen LogP contribution in [0.1, 0.15) is 15.9 Å².